The van der Waals surface area contributed by atoms with Gasteiger partial charge in [-0.3, -0.25) is 25.7 Å². The van der Waals surface area contributed by atoms with Crippen molar-refractivity contribution in [1.29, 1.82) is 0 Å². The molecule has 10 nitrogen and oxygen atoms in total. The van der Waals surface area contributed by atoms with Gasteiger partial charge in [0.05, 0.1) is 21.6 Å². The molecule has 0 saturated carbocycles. The van der Waals surface area contributed by atoms with E-state index in [0.29, 0.717) is 11.3 Å². The van der Waals surface area contributed by atoms with Crippen LogP contribution in [0.4, 0.5) is 17.1 Å². The summed E-state index contributed by atoms with van der Waals surface area (Å²) in [5.74, 6) is -0.334. The Hall–Kier alpha value is -3.69. The molecule has 0 bridgehead atoms. The molecule has 10 heteroatoms. The summed E-state index contributed by atoms with van der Waals surface area (Å²) in [7, 11) is 0. The summed E-state index contributed by atoms with van der Waals surface area (Å²) in [4.78, 5) is 20.2. The molecule has 0 spiro atoms. The predicted molar refractivity (Wildman–Crippen MR) is 85.4 cm³/mol. The van der Waals surface area contributed by atoms with Gasteiger partial charge in [-0.1, -0.05) is 0 Å². The molecule has 2 rings (SSSR count). The van der Waals surface area contributed by atoms with E-state index < -0.39 is 21.2 Å². The van der Waals surface area contributed by atoms with Crippen LogP contribution in [0.3, 0.4) is 0 Å². The molecular formula is C14H12N4O6. The number of benzene rings is 2. The minimum Gasteiger partial charge on any atom is -0.508 e. The van der Waals surface area contributed by atoms with Gasteiger partial charge in [-0.05, 0) is 25.1 Å². The molecule has 2 aromatic carbocycles. The Morgan fingerprint density at radius 3 is 2.38 bits per heavy atom. The summed E-state index contributed by atoms with van der Waals surface area (Å²) in [6, 6.07) is 7.01. The van der Waals surface area contributed by atoms with Gasteiger partial charge >= 0.3 is 5.69 Å². The fraction of sp³-hybridized carbons (Fsp3) is 0.0714. The highest BCUT2D eigenvalue weighted by Gasteiger charge is 2.19. The van der Waals surface area contributed by atoms with Crippen molar-refractivity contribution in [1.82, 2.24) is 0 Å². The van der Waals surface area contributed by atoms with Crippen LogP contribution in [0.5, 0.6) is 11.5 Å². The predicted octanol–water partition coefficient (Wildman–Crippen LogP) is 2.75. The molecule has 0 heterocycles. The Morgan fingerprint density at radius 1 is 1.08 bits per heavy atom. The van der Waals surface area contributed by atoms with Crippen LogP contribution in [0.25, 0.3) is 0 Å². The molecule has 0 aliphatic rings. The van der Waals surface area contributed by atoms with Crippen molar-refractivity contribution in [2.45, 2.75) is 6.92 Å². The topological polar surface area (TPSA) is 151 Å². The number of nitrogens with one attached hydrogen (secondary N) is 1. The molecule has 124 valence electrons. The molecule has 2 aromatic rings. The Balaban J connectivity index is 2.33. The summed E-state index contributed by atoms with van der Waals surface area (Å²) in [5.41, 5.74) is 2.10. The second-order valence-corrected chi connectivity index (χ2v) is 4.73. The van der Waals surface area contributed by atoms with Crippen molar-refractivity contribution in [3.63, 3.8) is 0 Å². The van der Waals surface area contributed by atoms with Crippen molar-refractivity contribution in [2.24, 2.45) is 5.10 Å². The first-order valence-corrected chi connectivity index (χ1v) is 6.55. The number of phenolic OH excluding ortho intramolecular Hbond substituents is 2. The molecular weight excluding hydrogens is 320 g/mol. The lowest BCUT2D eigenvalue weighted by Crippen LogP contribution is -2.02. The highest BCUT2D eigenvalue weighted by Crippen LogP contribution is 2.29. The number of phenols is 2. The average molecular weight is 332 g/mol. The molecule has 0 aliphatic carbocycles. The zero-order valence-electron chi connectivity index (χ0n) is 12.3. The van der Waals surface area contributed by atoms with Gasteiger partial charge in [0, 0.05) is 17.7 Å². The summed E-state index contributed by atoms with van der Waals surface area (Å²) in [6.07, 6.45) is 0. The van der Waals surface area contributed by atoms with Crippen molar-refractivity contribution in [3.05, 3.63) is 62.2 Å². The first-order valence-electron chi connectivity index (χ1n) is 6.55. The highest BCUT2D eigenvalue weighted by molar-refractivity contribution is 6.01. The number of nitro benzene ring substituents is 2. The first-order chi connectivity index (χ1) is 11.3. The van der Waals surface area contributed by atoms with E-state index in [4.69, 9.17) is 0 Å². The fourth-order valence-electron chi connectivity index (χ4n) is 1.91. The van der Waals surface area contributed by atoms with Gasteiger partial charge in [-0.2, -0.15) is 5.10 Å². The molecule has 0 radical (unpaired) electrons. The number of nitro groups is 2. The maximum absolute atomic E-state index is 11.0. The maximum atomic E-state index is 11.0. The van der Waals surface area contributed by atoms with E-state index in [1.807, 2.05) is 0 Å². The summed E-state index contributed by atoms with van der Waals surface area (Å²) in [5, 5.41) is 44.6. The molecule has 0 aromatic heterocycles. The minimum atomic E-state index is -0.766. The Labute approximate surface area is 135 Å². The second-order valence-electron chi connectivity index (χ2n) is 4.73. The van der Waals surface area contributed by atoms with Crippen molar-refractivity contribution >= 4 is 22.8 Å². The summed E-state index contributed by atoms with van der Waals surface area (Å²) in [6.45, 7) is 1.54. The number of non-ortho nitro benzene ring substituents is 1. The van der Waals surface area contributed by atoms with Crippen LogP contribution in [-0.4, -0.2) is 25.8 Å². The molecule has 0 atom stereocenters. The van der Waals surface area contributed by atoms with E-state index in [-0.39, 0.29) is 17.2 Å². The summed E-state index contributed by atoms with van der Waals surface area (Å²) < 4.78 is 0. The van der Waals surface area contributed by atoms with Gasteiger partial charge in [0.25, 0.3) is 5.69 Å². The lowest BCUT2D eigenvalue weighted by atomic mass is 10.1. The van der Waals surface area contributed by atoms with E-state index in [1.54, 1.807) is 0 Å². The molecule has 0 unspecified atom stereocenters. The molecule has 0 fully saturated rings. The van der Waals surface area contributed by atoms with E-state index in [0.717, 1.165) is 18.2 Å². The monoisotopic (exact) mass is 332 g/mol. The zero-order valence-corrected chi connectivity index (χ0v) is 12.3. The van der Waals surface area contributed by atoms with Gasteiger partial charge in [0.1, 0.15) is 17.2 Å². The number of anilines is 1. The van der Waals surface area contributed by atoms with E-state index in [2.05, 4.69) is 10.5 Å². The van der Waals surface area contributed by atoms with E-state index >= 15 is 0 Å². The third kappa shape index (κ3) is 3.55. The van der Waals surface area contributed by atoms with Crippen LogP contribution in [-0.2, 0) is 0 Å². The zero-order chi connectivity index (χ0) is 17.9. The third-order valence-corrected chi connectivity index (χ3v) is 3.10. The minimum absolute atomic E-state index is 0.0387. The second kappa shape index (κ2) is 6.60. The molecule has 0 saturated heterocycles. The first kappa shape index (κ1) is 16.7. The van der Waals surface area contributed by atoms with Gasteiger partial charge < -0.3 is 10.2 Å². The lowest BCUT2D eigenvalue weighted by Gasteiger charge is -2.06. The van der Waals surface area contributed by atoms with Crippen LogP contribution in [0.15, 0.2) is 41.5 Å². The molecule has 24 heavy (non-hydrogen) atoms. The maximum Gasteiger partial charge on any atom is 0.301 e. The smallest absolute Gasteiger partial charge is 0.301 e. The Kier molecular flexibility index (Phi) is 4.59. The largest absolute Gasteiger partial charge is 0.508 e. The van der Waals surface area contributed by atoms with Crippen LogP contribution in [0, 0.1) is 20.2 Å². The lowest BCUT2D eigenvalue weighted by molar-refractivity contribution is -0.393. The molecule has 0 amide bonds. The van der Waals surface area contributed by atoms with Crippen LogP contribution < -0.4 is 5.43 Å². The third-order valence-electron chi connectivity index (χ3n) is 3.10. The standard InChI is InChI=1S/C14H12N4O6/c1-8(11-4-3-10(19)7-14(11)20)15-16-12-5-2-9(17(21)22)6-13(12)18(23)24/h2-7,16,19-20H,1H3/b15-8+. The highest BCUT2D eigenvalue weighted by atomic mass is 16.6. The Morgan fingerprint density at radius 2 is 1.79 bits per heavy atom. The van der Waals surface area contributed by atoms with Gasteiger partial charge in [0.15, 0.2) is 0 Å². The van der Waals surface area contributed by atoms with E-state index in [1.165, 1.54) is 25.1 Å². The molecule has 0 aliphatic heterocycles. The Bertz CT molecular complexity index is 849. The summed E-state index contributed by atoms with van der Waals surface area (Å²) >= 11 is 0. The normalized spacial score (nSPS) is 11.1. The quantitative estimate of drug-likeness (QED) is 0.432. The van der Waals surface area contributed by atoms with Gasteiger partial charge in [0.2, 0.25) is 0 Å². The number of hydrazone groups is 1. The van der Waals surface area contributed by atoms with E-state index in [9.17, 15) is 30.4 Å². The fourth-order valence-corrected chi connectivity index (χ4v) is 1.91. The number of hydrogen-bond donors (Lipinski definition) is 3. The van der Waals surface area contributed by atoms with Crippen molar-refractivity contribution in [3.8, 4) is 11.5 Å². The molecule has 3 N–H and O–H groups in total. The van der Waals surface area contributed by atoms with Gasteiger partial charge in [-0.25, -0.2) is 0 Å². The number of nitrogens with zero attached hydrogens (tertiary/aromatic N) is 3. The van der Waals surface area contributed by atoms with Gasteiger partial charge in [-0.15, -0.1) is 0 Å². The number of aromatic hydroxyl groups is 2. The van der Waals surface area contributed by atoms with Crippen LogP contribution in [0.2, 0.25) is 0 Å². The van der Waals surface area contributed by atoms with Crippen molar-refractivity contribution < 1.29 is 20.1 Å². The van der Waals surface area contributed by atoms with Crippen molar-refractivity contribution in [2.75, 3.05) is 5.43 Å². The number of rotatable bonds is 5. The number of hydrogen-bond acceptors (Lipinski definition) is 8. The van der Waals surface area contributed by atoms with Crippen LogP contribution in [0.1, 0.15) is 12.5 Å². The van der Waals surface area contributed by atoms with Crippen LogP contribution >= 0.6 is 0 Å². The SMILES string of the molecule is C/C(=N\Nc1ccc([N+](=O)[O-])cc1[N+](=O)[O-])c1ccc(O)cc1O. The average Bonchev–Trinajstić information content (AvgIpc) is 2.52.